The van der Waals surface area contributed by atoms with E-state index >= 15 is 0 Å². The molecule has 0 aliphatic carbocycles. The normalized spacial score (nSPS) is 16.1. The summed E-state index contributed by atoms with van der Waals surface area (Å²) >= 11 is 6.17. The molecule has 1 aliphatic rings. The van der Waals surface area contributed by atoms with Crippen LogP contribution in [0.5, 0.6) is 0 Å². The molecule has 0 spiro atoms. The molecule has 0 bridgehead atoms. The first-order valence-electron chi connectivity index (χ1n) is 8.74. The van der Waals surface area contributed by atoms with Gasteiger partial charge in [0, 0.05) is 35.5 Å². The third kappa shape index (κ3) is 3.26. The van der Waals surface area contributed by atoms with Crippen molar-refractivity contribution in [1.29, 1.82) is 0 Å². The highest BCUT2D eigenvalue weighted by atomic mass is 35.5. The second-order valence-electron chi connectivity index (χ2n) is 6.61. The Bertz CT molecular complexity index is 1050. The molecule has 1 aromatic heterocycles. The van der Waals surface area contributed by atoms with E-state index in [1.165, 1.54) is 6.92 Å². The van der Waals surface area contributed by atoms with Gasteiger partial charge in [-0.1, -0.05) is 41.9 Å². The van der Waals surface area contributed by atoms with Crippen LogP contribution in [-0.4, -0.2) is 28.2 Å². The molecule has 0 fully saturated rings. The lowest BCUT2D eigenvalue weighted by Gasteiger charge is -2.36. The SMILES string of the molecule is CC(=O)N1CCc2ccc(Cl)cc2C1C(=O)Nc1cncc2ccccc12. The summed E-state index contributed by atoms with van der Waals surface area (Å²) in [5.41, 5.74) is 2.43. The van der Waals surface area contributed by atoms with E-state index in [9.17, 15) is 9.59 Å². The molecule has 5 nitrogen and oxygen atoms in total. The average Bonchev–Trinajstić information content (AvgIpc) is 2.67. The Labute approximate surface area is 162 Å². The lowest BCUT2D eigenvalue weighted by atomic mass is 9.91. The van der Waals surface area contributed by atoms with Gasteiger partial charge < -0.3 is 10.2 Å². The number of carbonyl (C=O) groups is 2. The number of hydrogen-bond acceptors (Lipinski definition) is 3. The monoisotopic (exact) mass is 379 g/mol. The van der Waals surface area contributed by atoms with Crippen molar-refractivity contribution >= 4 is 39.9 Å². The molecule has 1 N–H and O–H groups in total. The van der Waals surface area contributed by atoms with E-state index in [4.69, 9.17) is 11.6 Å². The van der Waals surface area contributed by atoms with Crippen molar-refractivity contribution in [2.24, 2.45) is 0 Å². The van der Waals surface area contributed by atoms with Crippen molar-refractivity contribution in [2.45, 2.75) is 19.4 Å². The van der Waals surface area contributed by atoms with Gasteiger partial charge in [0.25, 0.3) is 5.91 Å². The molecule has 27 heavy (non-hydrogen) atoms. The second kappa shape index (κ2) is 7.00. The molecule has 2 amide bonds. The second-order valence-corrected chi connectivity index (χ2v) is 7.04. The number of anilines is 1. The lowest BCUT2D eigenvalue weighted by Crippen LogP contribution is -2.44. The van der Waals surface area contributed by atoms with E-state index in [0.717, 1.165) is 21.9 Å². The van der Waals surface area contributed by atoms with Crippen LogP contribution in [0.1, 0.15) is 24.1 Å². The highest BCUT2D eigenvalue weighted by Crippen LogP contribution is 2.33. The maximum atomic E-state index is 13.2. The summed E-state index contributed by atoms with van der Waals surface area (Å²) in [5, 5.41) is 5.34. The number of aromatic nitrogens is 1. The molecule has 2 heterocycles. The molecule has 2 aromatic carbocycles. The predicted octanol–water partition coefficient (Wildman–Crippen LogP) is 3.97. The van der Waals surface area contributed by atoms with Gasteiger partial charge in [-0.05, 0) is 29.7 Å². The number of rotatable bonds is 2. The van der Waals surface area contributed by atoms with Gasteiger partial charge in [-0.2, -0.15) is 0 Å². The van der Waals surface area contributed by atoms with Gasteiger partial charge in [-0.25, -0.2) is 0 Å². The van der Waals surface area contributed by atoms with Gasteiger partial charge in [0.15, 0.2) is 0 Å². The highest BCUT2D eigenvalue weighted by molar-refractivity contribution is 6.30. The fraction of sp³-hybridized carbons (Fsp3) is 0.190. The minimum Gasteiger partial charge on any atom is -0.326 e. The van der Waals surface area contributed by atoms with Crippen LogP contribution in [0.25, 0.3) is 10.8 Å². The zero-order valence-electron chi connectivity index (χ0n) is 14.8. The number of halogens is 1. The van der Waals surface area contributed by atoms with Crippen molar-refractivity contribution in [3.8, 4) is 0 Å². The van der Waals surface area contributed by atoms with Crippen LogP contribution in [0.15, 0.2) is 54.9 Å². The molecule has 136 valence electrons. The Hall–Kier alpha value is -2.92. The Kier molecular flexibility index (Phi) is 4.54. The summed E-state index contributed by atoms with van der Waals surface area (Å²) in [4.78, 5) is 31.2. The zero-order chi connectivity index (χ0) is 19.0. The van der Waals surface area contributed by atoms with E-state index < -0.39 is 6.04 Å². The zero-order valence-corrected chi connectivity index (χ0v) is 15.5. The van der Waals surface area contributed by atoms with Crippen LogP contribution >= 0.6 is 11.6 Å². The predicted molar refractivity (Wildman–Crippen MR) is 106 cm³/mol. The van der Waals surface area contributed by atoms with Gasteiger partial charge in [0.05, 0.1) is 11.9 Å². The van der Waals surface area contributed by atoms with Crippen molar-refractivity contribution in [2.75, 3.05) is 11.9 Å². The van der Waals surface area contributed by atoms with Gasteiger partial charge in [0.2, 0.25) is 5.91 Å². The quantitative estimate of drug-likeness (QED) is 0.732. The van der Waals surface area contributed by atoms with Gasteiger partial charge >= 0.3 is 0 Å². The molecule has 1 atom stereocenters. The number of nitrogens with one attached hydrogen (secondary N) is 1. The molecule has 3 aromatic rings. The number of pyridine rings is 1. The molecular weight excluding hydrogens is 362 g/mol. The standard InChI is InChI=1S/C21H18ClN3O2/c1-13(26)25-9-8-14-6-7-16(22)10-18(14)20(25)21(27)24-19-12-23-11-15-4-2-3-5-17(15)19/h2-7,10-12,20H,8-9H2,1H3,(H,24,27). The molecule has 1 unspecified atom stereocenters. The van der Waals surface area contributed by atoms with E-state index in [0.29, 0.717) is 23.7 Å². The van der Waals surface area contributed by atoms with Crippen LogP contribution < -0.4 is 5.32 Å². The number of carbonyl (C=O) groups excluding carboxylic acids is 2. The maximum absolute atomic E-state index is 13.2. The lowest BCUT2D eigenvalue weighted by molar-refractivity contribution is -0.137. The summed E-state index contributed by atoms with van der Waals surface area (Å²) in [6, 6.07) is 12.5. The summed E-state index contributed by atoms with van der Waals surface area (Å²) in [7, 11) is 0. The first-order chi connectivity index (χ1) is 13.0. The first-order valence-corrected chi connectivity index (χ1v) is 9.11. The maximum Gasteiger partial charge on any atom is 0.251 e. The molecule has 0 saturated carbocycles. The molecular formula is C21H18ClN3O2. The number of amides is 2. The largest absolute Gasteiger partial charge is 0.326 e. The first kappa shape index (κ1) is 17.5. The summed E-state index contributed by atoms with van der Waals surface area (Å²) in [6.07, 6.45) is 4.08. The summed E-state index contributed by atoms with van der Waals surface area (Å²) in [6.45, 7) is 1.98. The minimum absolute atomic E-state index is 0.142. The number of hydrogen-bond donors (Lipinski definition) is 1. The number of nitrogens with zero attached hydrogens (tertiary/aromatic N) is 2. The van der Waals surface area contributed by atoms with Crippen LogP contribution in [0.3, 0.4) is 0 Å². The molecule has 1 aliphatic heterocycles. The van der Waals surface area contributed by atoms with Crippen molar-refractivity contribution in [3.05, 3.63) is 71.0 Å². The van der Waals surface area contributed by atoms with Gasteiger partial charge in [0.1, 0.15) is 6.04 Å². The summed E-state index contributed by atoms with van der Waals surface area (Å²) < 4.78 is 0. The third-order valence-electron chi connectivity index (χ3n) is 4.92. The highest BCUT2D eigenvalue weighted by Gasteiger charge is 2.35. The smallest absolute Gasteiger partial charge is 0.251 e. The Morgan fingerprint density at radius 1 is 1.19 bits per heavy atom. The molecule has 0 saturated heterocycles. The van der Waals surface area contributed by atoms with E-state index in [2.05, 4.69) is 10.3 Å². The van der Waals surface area contributed by atoms with Crippen molar-refractivity contribution in [3.63, 3.8) is 0 Å². The molecule has 4 rings (SSSR count). The Morgan fingerprint density at radius 3 is 2.81 bits per heavy atom. The summed E-state index contributed by atoms with van der Waals surface area (Å²) in [5.74, 6) is -0.414. The Morgan fingerprint density at radius 2 is 2.00 bits per heavy atom. The van der Waals surface area contributed by atoms with Gasteiger partial charge in [-0.15, -0.1) is 0 Å². The molecule has 0 radical (unpaired) electrons. The average molecular weight is 380 g/mol. The van der Waals surface area contributed by atoms with Crippen LogP contribution in [0.2, 0.25) is 5.02 Å². The van der Waals surface area contributed by atoms with Gasteiger partial charge in [-0.3, -0.25) is 14.6 Å². The van der Waals surface area contributed by atoms with Crippen LogP contribution in [-0.2, 0) is 16.0 Å². The fourth-order valence-electron chi connectivity index (χ4n) is 3.63. The topological polar surface area (TPSA) is 62.3 Å². The van der Waals surface area contributed by atoms with Crippen molar-refractivity contribution in [1.82, 2.24) is 9.88 Å². The minimum atomic E-state index is -0.719. The van der Waals surface area contributed by atoms with E-state index in [-0.39, 0.29) is 11.8 Å². The Balaban J connectivity index is 1.74. The number of fused-ring (bicyclic) bond motifs is 2. The fourth-order valence-corrected chi connectivity index (χ4v) is 3.81. The van der Waals surface area contributed by atoms with Crippen molar-refractivity contribution < 1.29 is 9.59 Å². The third-order valence-corrected chi connectivity index (χ3v) is 5.15. The van der Waals surface area contributed by atoms with Crippen LogP contribution in [0, 0.1) is 0 Å². The van der Waals surface area contributed by atoms with E-state index in [1.54, 1.807) is 23.4 Å². The van der Waals surface area contributed by atoms with Crippen LogP contribution in [0.4, 0.5) is 5.69 Å². The number of benzene rings is 2. The molecule has 6 heteroatoms. The van der Waals surface area contributed by atoms with E-state index in [1.807, 2.05) is 36.4 Å².